The third-order valence-electron chi connectivity index (χ3n) is 3.62. The Morgan fingerprint density at radius 3 is 2.50 bits per heavy atom. The maximum atomic E-state index is 13.5. The average molecular weight is 388 g/mol. The van der Waals surface area contributed by atoms with Crippen LogP contribution in [0.15, 0.2) is 42.5 Å². The Hall–Kier alpha value is -3.47. The van der Waals surface area contributed by atoms with Crippen LogP contribution in [0.4, 0.5) is 8.78 Å². The molecule has 8 heteroatoms. The topological polar surface area (TPSA) is 88.4 Å². The highest BCUT2D eigenvalue weighted by atomic mass is 19.1. The van der Waals surface area contributed by atoms with E-state index in [1.165, 1.54) is 0 Å². The summed E-state index contributed by atoms with van der Waals surface area (Å²) in [5, 5.41) is 11.2. The normalized spacial score (nSPS) is 10.0. The zero-order valence-electron chi connectivity index (χ0n) is 14.9. The first-order valence-electron chi connectivity index (χ1n) is 8.51. The molecular formula is C20H18F2N2O4. The highest BCUT2D eigenvalue weighted by Crippen LogP contribution is 2.11. The van der Waals surface area contributed by atoms with E-state index in [0.29, 0.717) is 23.8 Å². The van der Waals surface area contributed by atoms with Gasteiger partial charge in [0.15, 0.2) is 0 Å². The Morgan fingerprint density at radius 1 is 1.07 bits per heavy atom. The first-order valence-corrected chi connectivity index (χ1v) is 8.51. The minimum absolute atomic E-state index is 0.0615. The van der Waals surface area contributed by atoms with Crippen molar-refractivity contribution < 1.29 is 27.8 Å². The van der Waals surface area contributed by atoms with Gasteiger partial charge in [-0.3, -0.25) is 9.59 Å². The van der Waals surface area contributed by atoms with Crippen molar-refractivity contribution in [2.24, 2.45) is 0 Å². The molecule has 2 aromatic carbocycles. The summed E-state index contributed by atoms with van der Waals surface area (Å²) in [6, 6.07) is 11.2. The van der Waals surface area contributed by atoms with Crippen molar-refractivity contribution in [1.29, 1.82) is 5.26 Å². The molecule has 0 radical (unpaired) electrons. The summed E-state index contributed by atoms with van der Waals surface area (Å²) in [5.74, 6) is -2.28. The molecule has 0 fully saturated rings. The third-order valence-corrected chi connectivity index (χ3v) is 3.62. The minimum Gasteiger partial charge on any atom is -0.490 e. The van der Waals surface area contributed by atoms with Crippen molar-refractivity contribution >= 4 is 11.9 Å². The summed E-state index contributed by atoms with van der Waals surface area (Å²) in [6.45, 7) is 0.372. The number of halogens is 2. The Morgan fingerprint density at radius 2 is 1.82 bits per heavy atom. The fraction of sp³-hybridized carbons (Fsp3) is 0.250. The standard InChI is InChI=1S/C20H18F2N2O4/c21-15-5-8-17(18(22)12-15)20(26)24-9-1-2-19(25)28-11-10-27-16-6-3-14(13-23)4-7-16/h3-8,12H,1-2,9-11H2,(H,24,26). The van der Waals surface area contributed by atoms with E-state index in [4.69, 9.17) is 14.7 Å². The average Bonchev–Trinajstić information content (AvgIpc) is 2.69. The van der Waals surface area contributed by atoms with Crippen molar-refractivity contribution in [2.45, 2.75) is 12.8 Å². The number of carbonyl (C=O) groups is 2. The predicted molar refractivity (Wildman–Crippen MR) is 95.5 cm³/mol. The van der Waals surface area contributed by atoms with Crippen LogP contribution >= 0.6 is 0 Å². The fourth-order valence-electron chi connectivity index (χ4n) is 2.22. The maximum absolute atomic E-state index is 13.5. The van der Waals surface area contributed by atoms with Gasteiger partial charge in [-0.1, -0.05) is 0 Å². The van der Waals surface area contributed by atoms with Gasteiger partial charge in [0, 0.05) is 19.0 Å². The van der Waals surface area contributed by atoms with Gasteiger partial charge in [0.1, 0.15) is 30.6 Å². The lowest BCUT2D eigenvalue weighted by Gasteiger charge is -2.08. The number of benzene rings is 2. The van der Waals surface area contributed by atoms with E-state index < -0.39 is 23.5 Å². The predicted octanol–water partition coefficient (Wildman–Crippen LogP) is 2.97. The summed E-state index contributed by atoms with van der Waals surface area (Å²) in [5.41, 5.74) is 0.261. The van der Waals surface area contributed by atoms with Crippen LogP contribution in [0.3, 0.4) is 0 Å². The molecule has 2 rings (SSSR count). The number of hydrogen-bond donors (Lipinski definition) is 1. The number of hydrogen-bond acceptors (Lipinski definition) is 5. The molecule has 0 unspecified atom stereocenters. The van der Waals surface area contributed by atoms with Crippen molar-refractivity contribution in [3.05, 3.63) is 65.2 Å². The molecule has 1 N–H and O–H groups in total. The molecule has 0 aliphatic rings. The molecule has 6 nitrogen and oxygen atoms in total. The number of nitriles is 1. The number of rotatable bonds is 9. The van der Waals surface area contributed by atoms with E-state index in [2.05, 4.69) is 5.32 Å². The Labute approximate surface area is 160 Å². The second-order valence-electron chi connectivity index (χ2n) is 5.69. The first kappa shape index (κ1) is 20.8. The van der Waals surface area contributed by atoms with Crippen LogP contribution in [0.5, 0.6) is 5.75 Å². The number of ether oxygens (including phenoxy) is 2. The molecule has 0 spiro atoms. The molecule has 0 aliphatic heterocycles. The molecule has 0 aromatic heterocycles. The van der Waals surface area contributed by atoms with Crippen molar-refractivity contribution in [3.8, 4) is 11.8 Å². The van der Waals surface area contributed by atoms with Crippen LogP contribution in [0.1, 0.15) is 28.8 Å². The summed E-state index contributed by atoms with van der Waals surface area (Å²) in [4.78, 5) is 23.4. The zero-order chi connectivity index (χ0) is 20.4. The Balaban J connectivity index is 1.58. The second kappa shape index (κ2) is 10.6. The number of carbonyl (C=O) groups excluding carboxylic acids is 2. The monoisotopic (exact) mass is 388 g/mol. The molecule has 0 aliphatic carbocycles. The quantitative estimate of drug-likeness (QED) is 0.527. The number of nitrogens with one attached hydrogen (secondary N) is 1. The summed E-state index contributed by atoms with van der Waals surface area (Å²) < 4.78 is 36.7. The largest absolute Gasteiger partial charge is 0.490 e. The molecule has 0 heterocycles. The van der Waals surface area contributed by atoms with Crippen LogP contribution < -0.4 is 10.1 Å². The molecule has 0 saturated heterocycles. The van der Waals surface area contributed by atoms with E-state index in [-0.39, 0.29) is 31.7 Å². The van der Waals surface area contributed by atoms with E-state index in [9.17, 15) is 18.4 Å². The third kappa shape index (κ3) is 6.68. The minimum atomic E-state index is -0.945. The molecule has 28 heavy (non-hydrogen) atoms. The van der Waals surface area contributed by atoms with Crippen LogP contribution in [0, 0.1) is 23.0 Å². The Bertz CT molecular complexity index is 863. The Kier molecular flexibility index (Phi) is 7.91. The summed E-state index contributed by atoms with van der Waals surface area (Å²) in [6.07, 6.45) is 0.382. The lowest BCUT2D eigenvalue weighted by atomic mass is 10.2. The van der Waals surface area contributed by atoms with E-state index >= 15 is 0 Å². The van der Waals surface area contributed by atoms with Gasteiger partial charge in [-0.2, -0.15) is 5.26 Å². The molecule has 0 atom stereocenters. The first-order chi connectivity index (χ1) is 13.5. The highest BCUT2D eigenvalue weighted by Gasteiger charge is 2.12. The van der Waals surface area contributed by atoms with Crippen LogP contribution in [-0.2, 0) is 9.53 Å². The number of nitrogens with zero attached hydrogens (tertiary/aromatic N) is 1. The number of amides is 1. The van der Waals surface area contributed by atoms with Gasteiger partial charge < -0.3 is 14.8 Å². The SMILES string of the molecule is N#Cc1ccc(OCCOC(=O)CCCNC(=O)c2ccc(F)cc2F)cc1. The molecule has 0 saturated carbocycles. The van der Waals surface area contributed by atoms with E-state index in [0.717, 1.165) is 12.1 Å². The van der Waals surface area contributed by atoms with Crippen LogP contribution in [0.25, 0.3) is 0 Å². The van der Waals surface area contributed by atoms with E-state index in [1.54, 1.807) is 24.3 Å². The summed E-state index contributed by atoms with van der Waals surface area (Å²) >= 11 is 0. The van der Waals surface area contributed by atoms with Gasteiger partial charge >= 0.3 is 5.97 Å². The highest BCUT2D eigenvalue weighted by molar-refractivity contribution is 5.94. The van der Waals surface area contributed by atoms with Gasteiger partial charge in [0.05, 0.1) is 17.2 Å². The van der Waals surface area contributed by atoms with Gasteiger partial charge in [-0.15, -0.1) is 0 Å². The zero-order valence-corrected chi connectivity index (χ0v) is 14.9. The molecule has 2 aromatic rings. The molecule has 0 bridgehead atoms. The molecule has 1 amide bonds. The van der Waals surface area contributed by atoms with Gasteiger partial charge in [0.2, 0.25) is 0 Å². The second-order valence-corrected chi connectivity index (χ2v) is 5.69. The summed E-state index contributed by atoms with van der Waals surface area (Å²) in [7, 11) is 0. The molecular weight excluding hydrogens is 370 g/mol. The van der Waals surface area contributed by atoms with Crippen molar-refractivity contribution in [2.75, 3.05) is 19.8 Å². The van der Waals surface area contributed by atoms with Crippen LogP contribution in [-0.4, -0.2) is 31.6 Å². The number of esters is 1. The van der Waals surface area contributed by atoms with E-state index in [1.807, 2.05) is 6.07 Å². The van der Waals surface area contributed by atoms with Gasteiger partial charge in [0.25, 0.3) is 5.91 Å². The van der Waals surface area contributed by atoms with Gasteiger partial charge in [-0.25, -0.2) is 8.78 Å². The van der Waals surface area contributed by atoms with Crippen LogP contribution in [0.2, 0.25) is 0 Å². The van der Waals surface area contributed by atoms with Gasteiger partial charge in [-0.05, 0) is 42.8 Å². The molecule has 146 valence electrons. The smallest absolute Gasteiger partial charge is 0.305 e. The van der Waals surface area contributed by atoms with Crippen molar-refractivity contribution in [3.63, 3.8) is 0 Å². The fourth-order valence-corrected chi connectivity index (χ4v) is 2.22. The maximum Gasteiger partial charge on any atom is 0.305 e. The van der Waals surface area contributed by atoms with Crippen molar-refractivity contribution in [1.82, 2.24) is 5.32 Å². The lowest BCUT2D eigenvalue weighted by Crippen LogP contribution is -2.26. The lowest BCUT2D eigenvalue weighted by molar-refractivity contribution is -0.144.